The van der Waals surface area contributed by atoms with Crippen LogP contribution in [0.1, 0.15) is 42.1 Å². The van der Waals surface area contributed by atoms with Crippen LogP contribution in [0.15, 0.2) is 150 Å². The van der Waals surface area contributed by atoms with Crippen molar-refractivity contribution >= 4 is 49.8 Å². The van der Waals surface area contributed by atoms with Crippen molar-refractivity contribution in [1.82, 2.24) is 14.5 Å². The van der Waals surface area contributed by atoms with Gasteiger partial charge in [0.15, 0.2) is 5.82 Å². The van der Waals surface area contributed by atoms with Gasteiger partial charge in [-0.25, -0.2) is 9.97 Å². The van der Waals surface area contributed by atoms with Crippen LogP contribution in [0.4, 0.5) is 0 Å². The molecule has 3 heterocycles. The SMILES string of the molecule is CC1(C)C2=Cc3c(n(-c4ccc(-c5nc(-c6ccccc6)c6ccccc6n5)cc4)c4ccccc34)CC2c2ccc3oc4ccccc4c3c21. The summed E-state index contributed by atoms with van der Waals surface area (Å²) in [4.78, 5) is 10.1. The minimum Gasteiger partial charge on any atom is -0.456 e. The van der Waals surface area contributed by atoms with Crippen LogP contribution in [0.3, 0.4) is 0 Å². The van der Waals surface area contributed by atoms with Gasteiger partial charge in [0.2, 0.25) is 0 Å². The fourth-order valence-electron chi connectivity index (χ4n) is 9.15. The third kappa shape index (κ3) is 4.02. The molecule has 1 unspecified atom stereocenters. The molecule has 4 heteroatoms. The smallest absolute Gasteiger partial charge is 0.160 e. The van der Waals surface area contributed by atoms with E-state index in [2.05, 4.69) is 152 Å². The third-order valence-corrected chi connectivity index (χ3v) is 11.4. The molecule has 9 aromatic rings. The molecule has 51 heavy (non-hydrogen) atoms. The van der Waals surface area contributed by atoms with Gasteiger partial charge in [0.1, 0.15) is 11.2 Å². The molecule has 0 saturated heterocycles. The van der Waals surface area contributed by atoms with E-state index in [-0.39, 0.29) is 5.41 Å². The molecule has 0 N–H and O–H groups in total. The van der Waals surface area contributed by atoms with Crippen molar-refractivity contribution in [2.24, 2.45) is 0 Å². The lowest BCUT2D eigenvalue weighted by Crippen LogP contribution is -2.20. The Labute approximate surface area is 295 Å². The summed E-state index contributed by atoms with van der Waals surface area (Å²) in [7, 11) is 0. The predicted molar refractivity (Wildman–Crippen MR) is 208 cm³/mol. The van der Waals surface area contributed by atoms with Gasteiger partial charge >= 0.3 is 0 Å². The van der Waals surface area contributed by atoms with Crippen LogP contribution in [-0.2, 0) is 11.8 Å². The number of para-hydroxylation sites is 3. The molecule has 2 aliphatic carbocycles. The summed E-state index contributed by atoms with van der Waals surface area (Å²) in [5.41, 5.74) is 15.2. The number of allylic oxidation sites excluding steroid dienone is 1. The number of hydrogen-bond acceptors (Lipinski definition) is 3. The zero-order valence-corrected chi connectivity index (χ0v) is 28.4. The van der Waals surface area contributed by atoms with Gasteiger partial charge in [-0.05, 0) is 66.1 Å². The van der Waals surface area contributed by atoms with E-state index in [0.29, 0.717) is 5.92 Å². The van der Waals surface area contributed by atoms with Gasteiger partial charge in [-0.1, -0.05) is 116 Å². The number of furan rings is 1. The first-order valence-electron chi connectivity index (χ1n) is 17.8. The van der Waals surface area contributed by atoms with Gasteiger partial charge in [-0.2, -0.15) is 0 Å². The molecule has 0 saturated carbocycles. The largest absolute Gasteiger partial charge is 0.456 e. The highest BCUT2D eigenvalue weighted by atomic mass is 16.3. The van der Waals surface area contributed by atoms with E-state index in [1.807, 2.05) is 12.1 Å². The first-order chi connectivity index (χ1) is 25.0. The Morgan fingerprint density at radius 3 is 2.22 bits per heavy atom. The molecule has 4 nitrogen and oxygen atoms in total. The van der Waals surface area contributed by atoms with E-state index in [0.717, 1.165) is 56.8 Å². The van der Waals surface area contributed by atoms with Gasteiger partial charge in [0, 0.05) is 60.9 Å². The molecule has 6 aromatic carbocycles. The number of aromatic nitrogens is 3. The Morgan fingerprint density at radius 1 is 0.647 bits per heavy atom. The van der Waals surface area contributed by atoms with E-state index in [1.165, 1.54) is 49.6 Å². The highest BCUT2D eigenvalue weighted by molar-refractivity contribution is 6.09. The lowest BCUT2D eigenvalue weighted by atomic mass is 9.76. The number of benzene rings is 6. The second kappa shape index (κ2) is 10.4. The van der Waals surface area contributed by atoms with E-state index in [4.69, 9.17) is 14.4 Å². The highest BCUT2D eigenvalue weighted by Gasteiger charge is 2.46. The van der Waals surface area contributed by atoms with Gasteiger partial charge in [0.05, 0.1) is 16.7 Å². The molecular formula is C47H33N3O. The number of hydrogen-bond donors (Lipinski definition) is 0. The summed E-state index contributed by atoms with van der Waals surface area (Å²) in [5.74, 6) is 1.03. The standard InChI is InChI=1S/C47H33N3O/c1-47(2)37-26-36-31-14-7-10-18-39(31)50(40(36)27-35(37)32-24-25-42-43(44(32)47)34-16-8-11-19-41(34)51-42)30-22-20-29(21-23-30)46-48-38-17-9-6-15-33(38)45(49-46)28-12-4-3-5-13-28/h3-26,35H,27H2,1-2H3. The summed E-state index contributed by atoms with van der Waals surface area (Å²) in [5, 5.41) is 4.82. The first kappa shape index (κ1) is 28.6. The average molecular weight is 656 g/mol. The molecule has 2 aliphatic rings. The maximum absolute atomic E-state index is 6.36. The monoisotopic (exact) mass is 655 g/mol. The molecule has 0 aliphatic heterocycles. The molecule has 0 spiro atoms. The minimum atomic E-state index is -0.132. The van der Waals surface area contributed by atoms with Gasteiger partial charge in [0.25, 0.3) is 0 Å². The predicted octanol–water partition coefficient (Wildman–Crippen LogP) is 11.8. The second-order valence-electron chi connectivity index (χ2n) is 14.5. The molecular weight excluding hydrogens is 623 g/mol. The minimum absolute atomic E-state index is 0.132. The number of nitrogens with zero attached hydrogens (tertiary/aromatic N) is 3. The Hall–Kier alpha value is -6.26. The van der Waals surface area contributed by atoms with Crippen molar-refractivity contribution in [1.29, 1.82) is 0 Å². The van der Waals surface area contributed by atoms with E-state index >= 15 is 0 Å². The van der Waals surface area contributed by atoms with Crippen LogP contribution in [0, 0.1) is 0 Å². The quantitative estimate of drug-likeness (QED) is 0.190. The molecule has 242 valence electrons. The average Bonchev–Trinajstić information content (AvgIpc) is 3.79. The Kier molecular flexibility index (Phi) is 5.81. The van der Waals surface area contributed by atoms with Crippen LogP contribution in [0.5, 0.6) is 0 Å². The summed E-state index contributed by atoms with van der Waals surface area (Å²) in [6.07, 6.45) is 3.45. The summed E-state index contributed by atoms with van der Waals surface area (Å²) >= 11 is 0. The zero-order valence-electron chi connectivity index (χ0n) is 28.4. The van der Waals surface area contributed by atoms with Gasteiger partial charge in [-0.3, -0.25) is 0 Å². The molecule has 11 rings (SSSR count). The molecule has 3 aromatic heterocycles. The fraction of sp³-hybridized carbons (Fsp3) is 0.106. The molecule has 0 bridgehead atoms. The summed E-state index contributed by atoms with van der Waals surface area (Å²) in [6.45, 7) is 4.81. The Balaban J connectivity index is 1.05. The first-order valence-corrected chi connectivity index (χ1v) is 17.8. The lowest BCUT2D eigenvalue weighted by Gasteiger charge is -2.28. The maximum Gasteiger partial charge on any atom is 0.160 e. The van der Waals surface area contributed by atoms with Crippen molar-refractivity contribution in [2.75, 3.05) is 0 Å². The maximum atomic E-state index is 6.36. The summed E-state index contributed by atoms with van der Waals surface area (Å²) < 4.78 is 8.85. The van der Waals surface area contributed by atoms with Crippen LogP contribution >= 0.6 is 0 Å². The molecule has 0 radical (unpaired) electrons. The van der Waals surface area contributed by atoms with Crippen molar-refractivity contribution in [3.05, 3.63) is 167 Å². The number of rotatable bonds is 3. The normalized spacial score (nSPS) is 16.0. The van der Waals surface area contributed by atoms with Crippen molar-refractivity contribution in [2.45, 2.75) is 31.6 Å². The van der Waals surface area contributed by atoms with E-state index < -0.39 is 0 Å². The van der Waals surface area contributed by atoms with E-state index in [1.54, 1.807) is 0 Å². The fourth-order valence-corrected chi connectivity index (χ4v) is 9.15. The third-order valence-electron chi connectivity index (χ3n) is 11.4. The number of fused-ring (bicyclic) bond motifs is 11. The molecule has 0 fully saturated rings. The topological polar surface area (TPSA) is 43.9 Å². The zero-order chi connectivity index (χ0) is 33.8. The molecule has 1 atom stereocenters. The van der Waals surface area contributed by atoms with Gasteiger partial charge < -0.3 is 8.98 Å². The molecule has 0 amide bonds. The highest BCUT2D eigenvalue weighted by Crippen LogP contribution is 2.58. The van der Waals surface area contributed by atoms with Crippen molar-refractivity contribution in [3.63, 3.8) is 0 Å². The Bertz CT molecular complexity index is 2910. The van der Waals surface area contributed by atoms with Crippen LogP contribution in [0.2, 0.25) is 0 Å². The lowest BCUT2D eigenvalue weighted by molar-refractivity contribution is 0.612. The van der Waals surface area contributed by atoms with Crippen LogP contribution in [-0.4, -0.2) is 14.5 Å². The van der Waals surface area contributed by atoms with Crippen molar-refractivity contribution < 1.29 is 4.42 Å². The van der Waals surface area contributed by atoms with Crippen LogP contribution in [0.25, 0.3) is 78.2 Å². The van der Waals surface area contributed by atoms with Crippen LogP contribution < -0.4 is 0 Å². The Morgan fingerprint density at radius 2 is 1.37 bits per heavy atom. The van der Waals surface area contributed by atoms with E-state index in [9.17, 15) is 0 Å². The summed E-state index contributed by atoms with van der Waals surface area (Å²) in [6, 6.07) is 49.3. The van der Waals surface area contributed by atoms with Crippen molar-refractivity contribution in [3.8, 4) is 28.3 Å². The van der Waals surface area contributed by atoms with Gasteiger partial charge in [-0.15, -0.1) is 0 Å². The second-order valence-corrected chi connectivity index (χ2v) is 14.5.